The van der Waals surface area contributed by atoms with Crippen LogP contribution in [-0.2, 0) is 6.42 Å². The largest absolute Gasteiger partial charge is 0.365 e. The Hall–Kier alpha value is -1.65. The number of amides is 1. The molecule has 0 aliphatic carbocycles. The van der Waals surface area contributed by atoms with Gasteiger partial charge in [-0.05, 0) is 0 Å². The van der Waals surface area contributed by atoms with Crippen LogP contribution < -0.4 is 11.3 Å². The summed E-state index contributed by atoms with van der Waals surface area (Å²) < 4.78 is 0. The van der Waals surface area contributed by atoms with Crippen molar-refractivity contribution in [3.8, 4) is 0 Å². The summed E-state index contributed by atoms with van der Waals surface area (Å²) in [6.45, 7) is 1.85. The second-order valence-corrected chi connectivity index (χ2v) is 2.29. The van der Waals surface area contributed by atoms with Gasteiger partial charge in [0.2, 0.25) is 0 Å². The maximum Gasteiger partial charge on any atom is 0.263 e. The van der Waals surface area contributed by atoms with Gasteiger partial charge in [-0.15, -0.1) is 0 Å². The quantitative estimate of drug-likeness (QED) is 0.618. The lowest BCUT2D eigenvalue weighted by Gasteiger charge is -1.96. The van der Waals surface area contributed by atoms with E-state index in [1.807, 2.05) is 6.92 Å². The van der Waals surface area contributed by atoms with Crippen molar-refractivity contribution in [1.82, 2.24) is 9.97 Å². The van der Waals surface area contributed by atoms with Gasteiger partial charge in [-0.25, -0.2) is 4.98 Å². The van der Waals surface area contributed by atoms with Crippen molar-refractivity contribution in [2.24, 2.45) is 5.73 Å². The molecule has 0 radical (unpaired) electrons. The number of carbonyl (C=O) groups is 1. The Morgan fingerprint density at radius 3 is 2.83 bits per heavy atom. The van der Waals surface area contributed by atoms with Gasteiger partial charge in [0.15, 0.2) is 0 Å². The van der Waals surface area contributed by atoms with Crippen LogP contribution in [0.4, 0.5) is 0 Å². The number of H-pyrrole nitrogens is 1. The van der Waals surface area contributed by atoms with Crippen LogP contribution in [0, 0.1) is 0 Å². The van der Waals surface area contributed by atoms with Crippen LogP contribution in [0.1, 0.15) is 23.1 Å². The highest BCUT2D eigenvalue weighted by Crippen LogP contribution is 1.88. The Kier molecular flexibility index (Phi) is 2.23. The van der Waals surface area contributed by atoms with E-state index in [2.05, 4.69) is 9.97 Å². The number of rotatable bonds is 2. The summed E-state index contributed by atoms with van der Waals surface area (Å²) in [6, 6.07) is 0. The van der Waals surface area contributed by atoms with Gasteiger partial charge in [0.25, 0.3) is 11.5 Å². The molecule has 0 spiro atoms. The number of aromatic amines is 1. The van der Waals surface area contributed by atoms with Gasteiger partial charge < -0.3 is 10.7 Å². The standard InChI is InChI=1S/C7H9N3O2/c1-2-5-9-3-4(6(8)11)7(12)10-5/h3H,2H2,1H3,(H2,8,11)(H,9,10,12). The van der Waals surface area contributed by atoms with Crippen molar-refractivity contribution in [2.75, 3.05) is 0 Å². The van der Waals surface area contributed by atoms with Gasteiger partial charge in [0.1, 0.15) is 11.4 Å². The molecule has 5 nitrogen and oxygen atoms in total. The minimum Gasteiger partial charge on any atom is -0.365 e. The first-order valence-electron chi connectivity index (χ1n) is 3.53. The van der Waals surface area contributed by atoms with Crippen molar-refractivity contribution in [1.29, 1.82) is 0 Å². The minimum atomic E-state index is -0.758. The fraction of sp³-hybridized carbons (Fsp3) is 0.286. The van der Waals surface area contributed by atoms with Crippen LogP contribution in [0.5, 0.6) is 0 Å². The number of primary amides is 1. The monoisotopic (exact) mass is 167 g/mol. The average Bonchev–Trinajstić information content (AvgIpc) is 2.03. The molecular weight excluding hydrogens is 158 g/mol. The molecule has 0 fully saturated rings. The summed E-state index contributed by atoms with van der Waals surface area (Å²) in [5, 5.41) is 0. The van der Waals surface area contributed by atoms with Gasteiger partial charge in [0.05, 0.1) is 0 Å². The summed E-state index contributed by atoms with van der Waals surface area (Å²) in [5.74, 6) is -0.212. The molecule has 1 aromatic heterocycles. The third kappa shape index (κ3) is 1.50. The highest BCUT2D eigenvalue weighted by atomic mass is 16.2. The molecule has 0 unspecified atom stereocenters. The van der Waals surface area contributed by atoms with Crippen LogP contribution in [0.3, 0.4) is 0 Å². The number of aromatic nitrogens is 2. The molecule has 3 N–H and O–H groups in total. The second kappa shape index (κ2) is 3.17. The normalized spacial score (nSPS) is 9.75. The lowest BCUT2D eigenvalue weighted by atomic mass is 10.3. The molecular formula is C7H9N3O2. The third-order valence-electron chi connectivity index (χ3n) is 1.45. The van der Waals surface area contributed by atoms with Crippen LogP contribution in [0.2, 0.25) is 0 Å². The molecule has 0 aromatic carbocycles. The van der Waals surface area contributed by atoms with Gasteiger partial charge >= 0.3 is 0 Å². The summed E-state index contributed by atoms with van der Waals surface area (Å²) in [5.41, 5.74) is 4.33. The van der Waals surface area contributed by atoms with Crippen molar-refractivity contribution in [3.05, 3.63) is 27.9 Å². The minimum absolute atomic E-state index is 0.104. The van der Waals surface area contributed by atoms with E-state index < -0.39 is 11.5 Å². The maximum absolute atomic E-state index is 11.0. The molecule has 64 valence electrons. The maximum atomic E-state index is 11.0. The van der Waals surface area contributed by atoms with Crippen molar-refractivity contribution >= 4 is 5.91 Å². The fourth-order valence-corrected chi connectivity index (χ4v) is 0.787. The van der Waals surface area contributed by atoms with Gasteiger partial charge in [-0.3, -0.25) is 9.59 Å². The third-order valence-corrected chi connectivity index (χ3v) is 1.45. The number of aryl methyl sites for hydroxylation is 1. The van der Waals surface area contributed by atoms with E-state index in [0.717, 1.165) is 0 Å². The summed E-state index contributed by atoms with van der Waals surface area (Å²) in [4.78, 5) is 27.9. The van der Waals surface area contributed by atoms with Gasteiger partial charge in [0, 0.05) is 12.6 Å². The smallest absolute Gasteiger partial charge is 0.263 e. The number of hydrogen-bond donors (Lipinski definition) is 2. The molecule has 0 saturated heterocycles. The van der Waals surface area contributed by atoms with Crippen LogP contribution in [0.25, 0.3) is 0 Å². The van der Waals surface area contributed by atoms with E-state index in [4.69, 9.17) is 5.73 Å². The van der Waals surface area contributed by atoms with Crippen molar-refractivity contribution in [3.63, 3.8) is 0 Å². The van der Waals surface area contributed by atoms with Gasteiger partial charge in [-0.1, -0.05) is 6.92 Å². The molecule has 0 bridgehead atoms. The highest BCUT2D eigenvalue weighted by molar-refractivity contribution is 5.91. The Balaban J connectivity index is 3.21. The van der Waals surface area contributed by atoms with Crippen molar-refractivity contribution in [2.45, 2.75) is 13.3 Å². The average molecular weight is 167 g/mol. The predicted molar refractivity (Wildman–Crippen MR) is 42.8 cm³/mol. The molecule has 0 atom stereocenters. The summed E-state index contributed by atoms with van der Waals surface area (Å²) in [6.07, 6.45) is 1.81. The Labute approximate surface area is 68.6 Å². The first-order chi connectivity index (χ1) is 5.65. The molecule has 12 heavy (non-hydrogen) atoms. The number of nitrogens with one attached hydrogen (secondary N) is 1. The highest BCUT2D eigenvalue weighted by Gasteiger charge is 2.06. The number of nitrogens with two attached hydrogens (primary N) is 1. The topological polar surface area (TPSA) is 88.8 Å². The number of nitrogens with zero attached hydrogens (tertiary/aromatic N) is 1. The molecule has 1 rings (SSSR count). The van der Waals surface area contributed by atoms with Crippen molar-refractivity contribution < 1.29 is 4.79 Å². The fourth-order valence-electron chi connectivity index (χ4n) is 0.787. The second-order valence-electron chi connectivity index (χ2n) is 2.29. The van der Waals surface area contributed by atoms with Crippen LogP contribution in [0.15, 0.2) is 11.0 Å². The SMILES string of the molecule is CCc1ncc(C(N)=O)c(=O)[nH]1. The first-order valence-corrected chi connectivity index (χ1v) is 3.53. The van der Waals surface area contributed by atoms with Gasteiger partial charge in [-0.2, -0.15) is 0 Å². The lowest BCUT2D eigenvalue weighted by Crippen LogP contribution is -2.24. The Bertz CT molecular complexity index is 356. The molecule has 1 heterocycles. The zero-order valence-corrected chi connectivity index (χ0v) is 6.63. The lowest BCUT2D eigenvalue weighted by molar-refractivity contribution is 0.0998. The first kappa shape index (κ1) is 8.45. The molecule has 1 amide bonds. The van der Waals surface area contributed by atoms with E-state index in [1.165, 1.54) is 6.20 Å². The van der Waals surface area contributed by atoms with E-state index >= 15 is 0 Å². The van der Waals surface area contributed by atoms with Crippen LogP contribution >= 0.6 is 0 Å². The molecule has 0 aliphatic heterocycles. The zero-order valence-electron chi connectivity index (χ0n) is 6.63. The number of carbonyl (C=O) groups excluding carboxylic acids is 1. The van der Waals surface area contributed by atoms with E-state index in [1.54, 1.807) is 0 Å². The number of hydrogen-bond acceptors (Lipinski definition) is 3. The van der Waals surface area contributed by atoms with E-state index in [-0.39, 0.29) is 5.56 Å². The molecule has 5 heteroatoms. The molecule has 1 aromatic rings. The van der Waals surface area contributed by atoms with E-state index in [9.17, 15) is 9.59 Å². The molecule has 0 saturated carbocycles. The summed E-state index contributed by atoms with van der Waals surface area (Å²) in [7, 11) is 0. The summed E-state index contributed by atoms with van der Waals surface area (Å²) >= 11 is 0. The Morgan fingerprint density at radius 1 is 1.75 bits per heavy atom. The molecule has 0 aliphatic rings. The van der Waals surface area contributed by atoms with Crippen LogP contribution in [-0.4, -0.2) is 15.9 Å². The predicted octanol–water partition coefficient (Wildman–Crippen LogP) is -0.569. The Morgan fingerprint density at radius 2 is 2.42 bits per heavy atom. The zero-order chi connectivity index (χ0) is 9.14. The van der Waals surface area contributed by atoms with E-state index in [0.29, 0.717) is 12.2 Å².